The van der Waals surface area contributed by atoms with E-state index in [0.29, 0.717) is 6.04 Å². The third-order valence-electron chi connectivity index (χ3n) is 4.11. The molecule has 0 aliphatic carbocycles. The SMILES string of the molecule is CC.CCCNCCN(CCC)C(c1ccccc1)c1ccccc1. The van der Waals surface area contributed by atoms with Crippen LogP contribution in [0.15, 0.2) is 60.7 Å². The van der Waals surface area contributed by atoms with Gasteiger partial charge in [-0.3, -0.25) is 4.90 Å². The first kappa shape index (κ1) is 21.4. The Hall–Kier alpha value is -1.64. The molecule has 0 heterocycles. The van der Waals surface area contributed by atoms with Crippen molar-refractivity contribution >= 4 is 0 Å². The molecule has 0 saturated heterocycles. The van der Waals surface area contributed by atoms with E-state index in [4.69, 9.17) is 0 Å². The Labute approximate surface area is 155 Å². The molecule has 0 aliphatic rings. The van der Waals surface area contributed by atoms with Crippen LogP contribution in [-0.4, -0.2) is 31.1 Å². The van der Waals surface area contributed by atoms with Gasteiger partial charge >= 0.3 is 0 Å². The summed E-state index contributed by atoms with van der Waals surface area (Å²) in [5, 5.41) is 3.54. The second-order valence-electron chi connectivity index (χ2n) is 6.01. The number of hydrogen-bond donors (Lipinski definition) is 1. The Morgan fingerprint density at radius 1 is 0.720 bits per heavy atom. The fourth-order valence-electron chi connectivity index (χ4n) is 3.07. The topological polar surface area (TPSA) is 15.3 Å². The quantitative estimate of drug-likeness (QED) is 0.573. The molecule has 2 aromatic rings. The highest BCUT2D eigenvalue weighted by Crippen LogP contribution is 2.28. The molecule has 2 nitrogen and oxygen atoms in total. The van der Waals surface area contributed by atoms with Gasteiger partial charge in [0.05, 0.1) is 6.04 Å². The Kier molecular flexibility index (Phi) is 11.7. The molecular formula is C23H36N2. The van der Waals surface area contributed by atoms with E-state index in [1.54, 1.807) is 0 Å². The predicted octanol–water partition coefficient (Wildman–Crippen LogP) is 5.51. The second kappa shape index (κ2) is 13.6. The van der Waals surface area contributed by atoms with Gasteiger partial charge in [0.1, 0.15) is 0 Å². The van der Waals surface area contributed by atoms with E-state index in [9.17, 15) is 0 Å². The zero-order chi connectivity index (χ0) is 18.3. The third-order valence-corrected chi connectivity index (χ3v) is 4.11. The molecule has 0 atom stereocenters. The van der Waals surface area contributed by atoms with Crippen LogP contribution in [0.1, 0.15) is 57.7 Å². The fraction of sp³-hybridized carbons (Fsp3) is 0.478. The minimum Gasteiger partial charge on any atom is -0.315 e. The van der Waals surface area contributed by atoms with E-state index in [1.807, 2.05) is 13.8 Å². The van der Waals surface area contributed by atoms with Gasteiger partial charge in [-0.2, -0.15) is 0 Å². The standard InChI is InChI=1S/C21H30N2.C2H6/c1-3-15-22-16-18-23(17-4-2)21(19-11-7-5-8-12-19)20-13-9-6-10-14-20;1-2/h5-14,21-22H,3-4,15-18H2,1-2H3;1-2H3. The Bertz CT molecular complexity index is 485. The molecule has 138 valence electrons. The number of hydrogen-bond acceptors (Lipinski definition) is 2. The van der Waals surface area contributed by atoms with Gasteiger partial charge in [-0.05, 0) is 37.1 Å². The molecule has 0 amide bonds. The summed E-state index contributed by atoms with van der Waals surface area (Å²) in [5.41, 5.74) is 2.75. The van der Waals surface area contributed by atoms with Gasteiger partial charge in [-0.15, -0.1) is 0 Å². The molecule has 0 saturated carbocycles. The fourth-order valence-corrected chi connectivity index (χ4v) is 3.07. The maximum atomic E-state index is 3.54. The summed E-state index contributed by atoms with van der Waals surface area (Å²) < 4.78 is 0. The largest absolute Gasteiger partial charge is 0.315 e. The van der Waals surface area contributed by atoms with E-state index in [2.05, 4.69) is 84.7 Å². The molecule has 0 aliphatic heterocycles. The van der Waals surface area contributed by atoms with Gasteiger partial charge in [0.15, 0.2) is 0 Å². The molecule has 2 heteroatoms. The monoisotopic (exact) mass is 340 g/mol. The minimum atomic E-state index is 0.334. The van der Waals surface area contributed by atoms with Gasteiger partial charge in [-0.25, -0.2) is 0 Å². The summed E-state index contributed by atoms with van der Waals surface area (Å²) in [6.45, 7) is 12.8. The highest BCUT2D eigenvalue weighted by Gasteiger charge is 2.21. The van der Waals surface area contributed by atoms with E-state index in [-0.39, 0.29) is 0 Å². The zero-order valence-corrected chi connectivity index (χ0v) is 16.5. The average molecular weight is 341 g/mol. The van der Waals surface area contributed by atoms with E-state index >= 15 is 0 Å². The van der Waals surface area contributed by atoms with Crippen LogP contribution in [0.5, 0.6) is 0 Å². The molecule has 0 fully saturated rings. The lowest BCUT2D eigenvalue weighted by Crippen LogP contribution is -2.36. The van der Waals surface area contributed by atoms with E-state index in [1.165, 1.54) is 24.0 Å². The van der Waals surface area contributed by atoms with Crippen molar-refractivity contribution in [3.05, 3.63) is 71.8 Å². The van der Waals surface area contributed by atoms with Crippen LogP contribution in [0.3, 0.4) is 0 Å². The van der Waals surface area contributed by atoms with Crippen molar-refractivity contribution in [2.75, 3.05) is 26.2 Å². The molecule has 1 N–H and O–H groups in total. The van der Waals surface area contributed by atoms with Gasteiger partial charge in [0, 0.05) is 13.1 Å². The van der Waals surface area contributed by atoms with Crippen LogP contribution in [-0.2, 0) is 0 Å². The van der Waals surface area contributed by atoms with Crippen molar-refractivity contribution in [1.29, 1.82) is 0 Å². The Morgan fingerprint density at radius 2 is 1.24 bits per heavy atom. The number of benzene rings is 2. The lowest BCUT2D eigenvalue weighted by atomic mass is 9.97. The highest BCUT2D eigenvalue weighted by molar-refractivity contribution is 5.31. The zero-order valence-electron chi connectivity index (χ0n) is 16.5. The highest BCUT2D eigenvalue weighted by atomic mass is 15.2. The van der Waals surface area contributed by atoms with Gasteiger partial charge in [0.25, 0.3) is 0 Å². The first-order valence-electron chi connectivity index (χ1n) is 9.91. The van der Waals surface area contributed by atoms with Gasteiger partial charge < -0.3 is 5.32 Å². The van der Waals surface area contributed by atoms with Crippen LogP contribution in [0.2, 0.25) is 0 Å². The lowest BCUT2D eigenvalue weighted by Gasteiger charge is -2.32. The molecule has 2 aromatic carbocycles. The van der Waals surface area contributed by atoms with Gasteiger partial charge in [0.2, 0.25) is 0 Å². The summed E-state index contributed by atoms with van der Waals surface area (Å²) >= 11 is 0. The minimum absolute atomic E-state index is 0.334. The van der Waals surface area contributed by atoms with Crippen LogP contribution >= 0.6 is 0 Å². The van der Waals surface area contributed by atoms with Crippen molar-refractivity contribution in [2.45, 2.75) is 46.6 Å². The number of rotatable bonds is 10. The molecule has 0 spiro atoms. The molecule has 25 heavy (non-hydrogen) atoms. The molecule has 2 rings (SSSR count). The first-order valence-corrected chi connectivity index (χ1v) is 9.91. The third kappa shape index (κ3) is 7.41. The van der Waals surface area contributed by atoms with Crippen molar-refractivity contribution in [1.82, 2.24) is 10.2 Å². The second-order valence-corrected chi connectivity index (χ2v) is 6.01. The summed E-state index contributed by atoms with van der Waals surface area (Å²) in [4.78, 5) is 2.60. The van der Waals surface area contributed by atoms with Crippen LogP contribution in [0.4, 0.5) is 0 Å². The molecular weight excluding hydrogens is 304 g/mol. The van der Waals surface area contributed by atoms with E-state index in [0.717, 1.165) is 26.2 Å². The maximum Gasteiger partial charge on any atom is 0.0602 e. The number of nitrogens with zero attached hydrogens (tertiary/aromatic N) is 1. The van der Waals surface area contributed by atoms with Crippen LogP contribution in [0.25, 0.3) is 0 Å². The van der Waals surface area contributed by atoms with Crippen molar-refractivity contribution in [3.63, 3.8) is 0 Å². The number of nitrogens with one attached hydrogen (secondary N) is 1. The van der Waals surface area contributed by atoms with Crippen molar-refractivity contribution in [2.24, 2.45) is 0 Å². The summed E-state index contributed by atoms with van der Waals surface area (Å²) in [5.74, 6) is 0. The maximum absolute atomic E-state index is 3.54. The van der Waals surface area contributed by atoms with E-state index < -0.39 is 0 Å². The van der Waals surface area contributed by atoms with Crippen LogP contribution in [0, 0.1) is 0 Å². The Morgan fingerprint density at radius 3 is 1.68 bits per heavy atom. The van der Waals surface area contributed by atoms with Crippen LogP contribution < -0.4 is 5.32 Å². The summed E-state index contributed by atoms with van der Waals surface area (Å²) in [7, 11) is 0. The summed E-state index contributed by atoms with van der Waals surface area (Å²) in [6.07, 6.45) is 2.36. The molecule has 0 aromatic heterocycles. The summed E-state index contributed by atoms with van der Waals surface area (Å²) in [6, 6.07) is 22.1. The Balaban J connectivity index is 0.00000151. The molecule has 0 unspecified atom stereocenters. The molecule has 0 radical (unpaired) electrons. The average Bonchev–Trinajstić information content (AvgIpc) is 2.69. The van der Waals surface area contributed by atoms with Crippen molar-refractivity contribution < 1.29 is 0 Å². The van der Waals surface area contributed by atoms with Gasteiger partial charge in [-0.1, -0.05) is 88.4 Å². The van der Waals surface area contributed by atoms with Crippen molar-refractivity contribution in [3.8, 4) is 0 Å². The lowest BCUT2D eigenvalue weighted by molar-refractivity contribution is 0.226. The first-order chi connectivity index (χ1) is 12.4. The molecule has 0 bridgehead atoms. The smallest absolute Gasteiger partial charge is 0.0602 e. The predicted molar refractivity (Wildman–Crippen MR) is 111 cm³/mol. The normalized spacial score (nSPS) is 10.6.